The monoisotopic (exact) mass is 299 g/mol. The molecule has 5 nitrogen and oxygen atoms in total. The minimum Gasteiger partial charge on any atom is -0.479 e. The second kappa shape index (κ2) is 6.17. The van der Waals surface area contributed by atoms with Crippen LogP contribution in [0.2, 0.25) is 0 Å². The molecule has 0 aliphatic carbocycles. The Morgan fingerprint density at radius 3 is 2.71 bits per heavy atom. The lowest BCUT2D eigenvalue weighted by molar-refractivity contribution is -0.173. The van der Waals surface area contributed by atoms with Gasteiger partial charge < -0.3 is 14.7 Å². The van der Waals surface area contributed by atoms with Crippen molar-refractivity contribution in [3.63, 3.8) is 0 Å². The summed E-state index contributed by atoms with van der Waals surface area (Å²) in [6.45, 7) is 1.81. The van der Waals surface area contributed by atoms with Crippen LogP contribution in [0.1, 0.15) is 24.9 Å². The van der Waals surface area contributed by atoms with Gasteiger partial charge in [0.05, 0.1) is 6.04 Å². The van der Waals surface area contributed by atoms with Gasteiger partial charge in [-0.1, -0.05) is 13.0 Å². The van der Waals surface area contributed by atoms with Crippen molar-refractivity contribution in [2.24, 2.45) is 0 Å². The van der Waals surface area contributed by atoms with E-state index < -0.39 is 29.7 Å². The average molecular weight is 299 g/mol. The Balaban J connectivity index is 2.45. The van der Waals surface area contributed by atoms with Crippen molar-refractivity contribution in [2.45, 2.75) is 25.5 Å². The number of morpholine rings is 1. The minimum atomic E-state index is -1.31. The molecule has 1 aliphatic rings. The van der Waals surface area contributed by atoms with Crippen molar-refractivity contribution < 1.29 is 28.2 Å². The molecule has 0 aromatic heterocycles. The fraction of sp³-hybridized carbons (Fsp3) is 0.429. The summed E-state index contributed by atoms with van der Waals surface area (Å²) in [5, 5.41) is 9.24. The van der Waals surface area contributed by atoms with Crippen LogP contribution in [0.4, 0.5) is 8.78 Å². The van der Waals surface area contributed by atoms with Gasteiger partial charge in [-0.25, -0.2) is 13.6 Å². The van der Waals surface area contributed by atoms with Gasteiger partial charge in [0.2, 0.25) is 5.91 Å². The average Bonchev–Trinajstić information content (AvgIpc) is 2.44. The number of carboxylic acid groups (broad SMARTS) is 1. The molecule has 1 heterocycles. The Kier molecular flexibility index (Phi) is 4.52. The number of hydrogen-bond donors (Lipinski definition) is 1. The molecule has 1 aromatic rings. The van der Waals surface area contributed by atoms with Crippen LogP contribution in [0, 0.1) is 11.6 Å². The second-order valence-electron chi connectivity index (χ2n) is 4.78. The molecule has 1 fully saturated rings. The van der Waals surface area contributed by atoms with Crippen LogP contribution in [0.25, 0.3) is 0 Å². The molecule has 21 heavy (non-hydrogen) atoms. The highest BCUT2D eigenvalue weighted by Crippen LogP contribution is 2.31. The number of ether oxygens (including phenoxy) is 1. The number of carboxylic acids is 1. The number of rotatable bonds is 4. The highest BCUT2D eigenvalue weighted by Gasteiger charge is 2.41. The van der Waals surface area contributed by atoms with E-state index >= 15 is 0 Å². The molecule has 2 unspecified atom stereocenters. The van der Waals surface area contributed by atoms with Crippen LogP contribution < -0.4 is 0 Å². The zero-order valence-electron chi connectivity index (χ0n) is 11.4. The summed E-state index contributed by atoms with van der Waals surface area (Å²) in [6.07, 6.45) is -0.697. The number of carbonyl (C=O) groups is 2. The van der Waals surface area contributed by atoms with Crippen molar-refractivity contribution in [1.82, 2.24) is 4.90 Å². The maximum Gasteiger partial charge on any atom is 0.335 e. The van der Waals surface area contributed by atoms with Gasteiger partial charge in [0, 0.05) is 6.54 Å². The Morgan fingerprint density at radius 2 is 2.14 bits per heavy atom. The molecule has 0 radical (unpaired) electrons. The number of nitrogens with zero attached hydrogens (tertiary/aromatic N) is 1. The van der Waals surface area contributed by atoms with E-state index in [0.29, 0.717) is 13.0 Å². The summed E-state index contributed by atoms with van der Waals surface area (Å²) < 4.78 is 31.5. The van der Waals surface area contributed by atoms with Crippen LogP contribution in [0.15, 0.2) is 18.2 Å². The van der Waals surface area contributed by atoms with E-state index in [2.05, 4.69) is 0 Å². The quantitative estimate of drug-likeness (QED) is 0.919. The van der Waals surface area contributed by atoms with E-state index in [4.69, 9.17) is 4.74 Å². The molecule has 0 saturated carbocycles. The van der Waals surface area contributed by atoms with Gasteiger partial charge in [-0.2, -0.15) is 0 Å². The SMILES string of the molecule is CCCN1C(=O)COC(C(=O)O)C1c1ccc(F)c(F)c1. The first-order valence-electron chi connectivity index (χ1n) is 6.54. The first-order valence-corrected chi connectivity index (χ1v) is 6.54. The molecule has 1 aromatic carbocycles. The van der Waals surface area contributed by atoms with Gasteiger partial charge in [-0.05, 0) is 24.1 Å². The predicted molar refractivity (Wildman–Crippen MR) is 68.5 cm³/mol. The van der Waals surface area contributed by atoms with Crippen molar-refractivity contribution in [2.75, 3.05) is 13.2 Å². The molecule has 7 heteroatoms. The van der Waals surface area contributed by atoms with Gasteiger partial charge in [0.15, 0.2) is 17.7 Å². The number of carbonyl (C=O) groups excluding carboxylic acids is 1. The predicted octanol–water partition coefficient (Wildman–Crippen LogP) is 1.73. The first-order chi connectivity index (χ1) is 9.95. The second-order valence-corrected chi connectivity index (χ2v) is 4.78. The van der Waals surface area contributed by atoms with E-state index in [1.54, 1.807) is 0 Å². The van der Waals surface area contributed by atoms with Crippen LogP contribution in [-0.4, -0.2) is 41.1 Å². The van der Waals surface area contributed by atoms with Gasteiger partial charge in [-0.3, -0.25) is 4.79 Å². The number of aliphatic carboxylic acids is 1. The molecule has 114 valence electrons. The van der Waals surface area contributed by atoms with Crippen molar-refractivity contribution in [1.29, 1.82) is 0 Å². The Morgan fingerprint density at radius 1 is 1.43 bits per heavy atom. The van der Waals surface area contributed by atoms with Crippen LogP contribution in [0.5, 0.6) is 0 Å². The van der Waals surface area contributed by atoms with Gasteiger partial charge in [-0.15, -0.1) is 0 Å². The Labute approximate surface area is 120 Å². The van der Waals surface area contributed by atoms with E-state index in [1.165, 1.54) is 11.0 Å². The summed E-state index contributed by atoms with van der Waals surface area (Å²) in [7, 11) is 0. The smallest absolute Gasteiger partial charge is 0.335 e. The summed E-state index contributed by atoms with van der Waals surface area (Å²) in [5.74, 6) is -3.75. The lowest BCUT2D eigenvalue weighted by Crippen LogP contribution is -2.52. The number of halogens is 2. The fourth-order valence-electron chi connectivity index (χ4n) is 2.42. The first kappa shape index (κ1) is 15.4. The van der Waals surface area contributed by atoms with Crippen LogP contribution in [-0.2, 0) is 14.3 Å². The zero-order valence-corrected chi connectivity index (χ0v) is 11.4. The summed E-state index contributed by atoms with van der Waals surface area (Å²) >= 11 is 0. The third-order valence-corrected chi connectivity index (χ3v) is 3.32. The third kappa shape index (κ3) is 3.02. The summed E-state index contributed by atoms with van der Waals surface area (Å²) in [5.41, 5.74) is 0.197. The Hall–Kier alpha value is -2.02. The molecule has 0 spiro atoms. The minimum absolute atomic E-state index is 0.197. The molecule has 1 amide bonds. The van der Waals surface area contributed by atoms with E-state index in [0.717, 1.165) is 12.1 Å². The molecule has 1 N–H and O–H groups in total. The lowest BCUT2D eigenvalue weighted by atomic mass is 9.97. The molecule has 2 rings (SSSR count). The maximum absolute atomic E-state index is 13.4. The zero-order chi connectivity index (χ0) is 15.6. The standard InChI is InChI=1S/C14H15F2NO4/c1-2-5-17-11(18)7-21-13(14(19)20)12(17)8-3-4-9(15)10(16)6-8/h3-4,6,12-13H,2,5,7H2,1H3,(H,19,20). The molecule has 2 atom stereocenters. The molecule has 1 saturated heterocycles. The van der Waals surface area contributed by atoms with E-state index in [1.807, 2.05) is 6.92 Å². The maximum atomic E-state index is 13.4. The largest absolute Gasteiger partial charge is 0.479 e. The summed E-state index contributed by atoms with van der Waals surface area (Å²) in [6, 6.07) is 2.11. The van der Waals surface area contributed by atoms with Gasteiger partial charge in [0.1, 0.15) is 6.61 Å². The van der Waals surface area contributed by atoms with Crippen molar-refractivity contribution in [3.8, 4) is 0 Å². The summed E-state index contributed by atoms with van der Waals surface area (Å²) in [4.78, 5) is 24.6. The highest BCUT2D eigenvalue weighted by atomic mass is 19.2. The van der Waals surface area contributed by atoms with Gasteiger partial charge >= 0.3 is 5.97 Å². The van der Waals surface area contributed by atoms with Crippen LogP contribution >= 0.6 is 0 Å². The van der Waals surface area contributed by atoms with Gasteiger partial charge in [0.25, 0.3) is 0 Å². The topological polar surface area (TPSA) is 66.8 Å². The van der Waals surface area contributed by atoms with Crippen LogP contribution in [0.3, 0.4) is 0 Å². The number of hydrogen-bond acceptors (Lipinski definition) is 3. The molecular weight excluding hydrogens is 284 g/mol. The molecule has 1 aliphatic heterocycles. The number of benzene rings is 1. The van der Waals surface area contributed by atoms with E-state index in [9.17, 15) is 23.5 Å². The lowest BCUT2D eigenvalue weighted by Gasteiger charge is -2.39. The normalized spacial score (nSPS) is 22.4. The number of amides is 1. The highest BCUT2D eigenvalue weighted by molar-refractivity contribution is 5.83. The van der Waals surface area contributed by atoms with Crippen molar-refractivity contribution in [3.05, 3.63) is 35.4 Å². The van der Waals surface area contributed by atoms with Crippen molar-refractivity contribution >= 4 is 11.9 Å². The molecular formula is C14H15F2NO4. The molecule has 0 bridgehead atoms. The van der Waals surface area contributed by atoms with E-state index in [-0.39, 0.29) is 18.1 Å². The fourth-order valence-corrected chi connectivity index (χ4v) is 2.42. The Bertz CT molecular complexity index is 564. The third-order valence-electron chi connectivity index (χ3n) is 3.32.